The van der Waals surface area contributed by atoms with Gasteiger partial charge in [-0.15, -0.1) is 11.8 Å². The van der Waals surface area contributed by atoms with Gasteiger partial charge in [0.2, 0.25) is 0 Å². The summed E-state index contributed by atoms with van der Waals surface area (Å²) >= 11 is 1.69. The van der Waals surface area contributed by atoms with Crippen molar-refractivity contribution >= 4 is 11.8 Å². The third-order valence-electron chi connectivity index (χ3n) is 3.75. The quantitative estimate of drug-likeness (QED) is 0.841. The number of thioether (sulfide) groups is 1. The predicted molar refractivity (Wildman–Crippen MR) is 80.6 cm³/mol. The number of hydrogen-bond acceptors (Lipinski definition) is 4. The predicted octanol–water partition coefficient (Wildman–Crippen LogP) is 2.97. The molecule has 0 aliphatic carbocycles. The molecule has 0 unspecified atom stereocenters. The van der Waals surface area contributed by atoms with Crippen LogP contribution in [0.5, 0.6) is 11.5 Å². The van der Waals surface area contributed by atoms with Gasteiger partial charge in [0.25, 0.3) is 0 Å². The van der Waals surface area contributed by atoms with Gasteiger partial charge in [-0.2, -0.15) is 0 Å². The highest BCUT2D eigenvalue weighted by atomic mass is 32.2. The zero-order chi connectivity index (χ0) is 13.7. The summed E-state index contributed by atoms with van der Waals surface area (Å²) in [5.74, 6) is 2.54. The fraction of sp³-hybridized carbons (Fsp3) is 0.600. The molecule has 0 saturated carbocycles. The minimum atomic E-state index is 0.750. The van der Waals surface area contributed by atoms with Crippen molar-refractivity contribution in [3.05, 3.63) is 17.7 Å². The summed E-state index contributed by atoms with van der Waals surface area (Å²) in [4.78, 5) is 1.13. The van der Waals surface area contributed by atoms with Gasteiger partial charge in [-0.3, -0.25) is 0 Å². The van der Waals surface area contributed by atoms with Gasteiger partial charge in [-0.05, 0) is 56.2 Å². The van der Waals surface area contributed by atoms with Gasteiger partial charge in [0.1, 0.15) is 0 Å². The molecule has 106 valence electrons. The Bertz CT molecular complexity index is 417. The first-order valence-electron chi connectivity index (χ1n) is 6.78. The first-order chi connectivity index (χ1) is 9.30. The van der Waals surface area contributed by atoms with Gasteiger partial charge < -0.3 is 14.8 Å². The van der Waals surface area contributed by atoms with Gasteiger partial charge in [-0.25, -0.2) is 0 Å². The number of piperidine rings is 1. The van der Waals surface area contributed by atoms with E-state index in [4.69, 9.17) is 9.47 Å². The largest absolute Gasteiger partial charge is 0.493 e. The summed E-state index contributed by atoms with van der Waals surface area (Å²) in [6.07, 6.45) is 5.63. The Morgan fingerprint density at radius 2 is 1.84 bits per heavy atom. The summed E-state index contributed by atoms with van der Waals surface area (Å²) in [6, 6.07) is 4.33. The molecule has 1 aliphatic rings. The minimum absolute atomic E-state index is 0.750. The second kappa shape index (κ2) is 7.06. The second-order valence-corrected chi connectivity index (χ2v) is 5.74. The molecule has 1 N–H and O–H groups in total. The maximum absolute atomic E-state index is 5.60. The highest BCUT2D eigenvalue weighted by Gasteiger charge is 2.19. The molecule has 0 spiro atoms. The number of methoxy groups -OCH3 is 2. The average Bonchev–Trinajstić information content (AvgIpc) is 2.47. The number of benzene rings is 1. The van der Waals surface area contributed by atoms with Crippen LogP contribution >= 0.6 is 11.8 Å². The fourth-order valence-electron chi connectivity index (χ4n) is 2.72. The topological polar surface area (TPSA) is 30.5 Å². The Morgan fingerprint density at radius 3 is 2.42 bits per heavy atom. The lowest BCUT2D eigenvalue weighted by atomic mass is 9.90. The SMILES string of the molecule is COc1c(CC2CCNCC2)ccc(SC)c1OC. The molecule has 19 heavy (non-hydrogen) atoms. The van der Waals surface area contributed by atoms with E-state index in [-0.39, 0.29) is 0 Å². The standard InChI is InChI=1S/C15H23NO2S/c1-17-14-12(10-11-6-8-16-9-7-11)4-5-13(19-3)15(14)18-2/h4-5,11,16H,6-10H2,1-3H3. The monoisotopic (exact) mass is 281 g/mol. The van der Waals surface area contributed by atoms with E-state index in [9.17, 15) is 0 Å². The molecule has 0 amide bonds. The molecular weight excluding hydrogens is 258 g/mol. The Hall–Kier alpha value is -0.870. The lowest BCUT2D eigenvalue weighted by Gasteiger charge is -2.24. The van der Waals surface area contributed by atoms with Crippen molar-refractivity contribution in [3.63, 3.8) is 0 Å². The first-order valence-corrected chi connectivity index (χ1v) is 8.01. The van der Waals surface area contributed by atoms with E-state index in [1.165, 1.54) is 18.4 Å². The molecule has 0 atom stereocenters. The maximum atomic E-state index is 5.60. The molecule has 3 nitrogen and oxygen atoms in total. The Morgan fingerprint density at radius 1 is 1.16 bits per heavy atom. The summed E-state index contributed by atoms with van der Waals surface area (Å²) in [5, 5.41) is 3.41. The summed E-state index contributed by atoms with van der Waals surface area (Å²) in [5.41, 5.74) is 1.27. The lowest BCUT2D eigenvalue weighted by molar-refractivity contribution is 0.334. The van der Waals surface area contributed by atoms with Gasteiger partial charge >= 0.3 is 0 Å². The fourth-order valence-corrected chi connectivity index (χ4v) is 3.29. The number of nitrogens with one attached hydrogen (secondary N) is 1. The van der Waals surface area contributed by atoms with Crippen LogP contribution < -0.4 is 14.8 Å². The van der Waals surface area contributed by atoms with Crippen LogP contribution in [0.15, 0.2) is 17.0 Å². The van der Waals surface area contributed by atoms with E-state index in [0.29, 0.717) is 0 Å². The van der Waals surface area contributed by atoms with Crippen molar-refractivity contribution < 1.29 is 9.47 Å². The molecular formula is C15H23NO2S. The molecule has 4 heteroatoms. The molecule has 0 radical (unpaired) electrons. The number of rotatable bonds is 5. The van der Waals surface area contributed by atoms with E-state index in [1.807, 2.05) is 0 Å². The smallest absolute Gasteiger partial charge is 0.174 e. The molecule has 1 fully saturated rings. The number of ether oxygens (including phenoxy) is 2. The van der Waals surface area contributed by atoms with E-state index in [2.05, 4.69) is 23.7 Å². The Kier molecular flexibility index (Phi) is 5.40. The molecule has 1 heterocycles. The third kappa shape index (κ3) is 3.37. The molecule has 2 rings (SSSR count). The summed E-state index contributed by atoms with van der Waals surface area (Å²) in [7, 11) is 3.44. The highest BCUT2D eigenvalue weighted by Crippen LogP contribution is 2.40. The van der Waals surface area contributed by atoms with Crippen molar-refractivity contribution in [2.75, 3.05) is 33.6 Å². The van der Waals surface area contributed by atoms with Crippen LogP contribution in [0.3, 0.4) is 0 Å². The van der Waals surface area contributed by atoms with Crippen LogP contribution in [0, 0.1) is 5.92 Å². The summed E-state index contributed by atoms with van der Waals surface area (Å²) < 4.78 is 11.1. The van der Waals surface area contributed by atoms with Crippen LogP contribution in [0.1, 0.15) is 18.4 Å². The molecule has 1 aromatic rings. The van der Waals surface area contributed by atoms with Gasteiger partial charge in [-0.1, -0.05) is 6.07 Å². The first kappa shape index (κ1) is 14.5. The molecule has 0 bridgehead atoms. The highest BCUT2D eigenvalue weighted by molar-refractivity contribution is 7.98. The van der Waals surface area contributed by atoms with Crippen LogP contribution in [-0.4, -0.2) is 33.6 Å². The summed E-state index contributed by atoms with van der Waals surface area (Å²) in [6.45, 7) is 2.26. The van der Waals surface area contributed by atoms with Crippen molar-refractivity contribution in [2.24, 2.45) is 5.92 Å². The third-order valence-corrected chi connectivity index (χ3v) is 4.51. The van der Waals surface area contributed by atoms with Crippen LogP contribution in [0.25, 0.3) is 0 Å². The van der Waals surface area contributed by atoms with Crippen molar-refractivity contribution in [2.45, 2.75) is 24.2 Å². The van der Waals surface area contributed by atoms with E-state index < -0.39 is 0 Å². The zero-order valence-corrected chi connectivity index (χ0v) is 12.8. The average molecular weight is 281 g/mol. The van der Waals surface area contributed by atoms with Crippen LogP contribution in [0.2, 0.25) is 0 Å². The van der Waals surface area contributed by atoms with Gasteiger partial charge in [0.15, 0.2) is 11.5 Å². The van der Waals surface area contributed by atoms with E-state index >= 15 is 0 Å². The molecule has 0 aromatic heterocycles. The Labute approximate surface area is 120 Å². The van der Waals surface area contributed by atoms with Gasteiger partial charge in [0, 0.05) is 0 Å². The maximum Gasteiger partial charge on any atom is 0.174 e. The normalized spacial score (nSPS) is 16.4. The molecule has 1 aliphatic heterocycles. The van der Waals surface area contributed by atoms with E-state index in [1.54, 1.807) is 26.0 Å². The molecule has 1 saturated heterocycles. The van der Waals surface area contributed by atoms with Crippen LogP contribution in [0.4, 0.5) is 0 Å². The van der Waals surface area contributed by atoms with Gasteiger partial charge in [0.05, 0.1) is 19.1 Å². The number of hydrogen-bond donors (Lipinski definition) is 1. The van der Waals surface area contributed by atoms with Crippen molar-refractivity contribution in [1.82, 2.24) is 5.32 Å². The lowest BCUT2D eigenvalue weighted by Crippen LogP contribution is -2.28. The second-order valence-electron chi connectivity index (χ2n) is 4.89. The minimum Gasteiger partial charge on any atom is -0.493 e. The van der Waals surface area contributed by atoms with Crippen molar-refractivity contribution in [1.29, 1.82) is 0 Å². The Balaban J connectivity index is 2.23. The zero-order valence-electron chi connectivity index (χ0n) is 12.0. The van der Waals surface area contributed by atoms with E-state index in [0.717, 1.165) is 41.8 Å². The molecule has 1 aromatic carbocycles. The van der Waals surface area contributed by atoms with Crippen molar-refractivity contribution in [3.8, 4) is 11.5 Å². The van der Waals surface area contributed by atoms with Crippen LogP contribution in [-0.2, 0) is 6.42 Å².